The number of hydrogen-bond acceptors (Lipinski definition) is 6. The number of aromatic nitrogens is 2. The second-order valence-corrected chi connectivity index (χ2v) is 9.30. The fourth-order valence-electron chi connectivity index (χ4n) is 2.87. The number of piperidine rings is 1. The third kappa shape index (κ3) is 5.68. The van der Waals surface area contributed by atoms with Gasteiger partial charge in [0.05, 0.1) is 5.75 Å². The molecule has 28 heavy (non-hydrogen) atoms. The molecule has 1 aromatic heterocycles. The molecule has 1 aromatic carbocycles. The summed E-state index contributed by atoms with van der Waals surface area (Å²) in [6.07, 6.45) is 2.14. The molecule has 0 aliphatic carbocycles. The van der Waals surface area contributed by atoms with Gasteiger partial charge in [0.1, 0.15) is 0 Å². The smallest absolute Gasteiger partial charge is 0.325 e. The first-order chi connectivity index (χ1) is 13.4. The molecule has 0 unspecified atom stereocenters. The second-order valence-electron chi connectivity index (χ2n) is 7.10. The zero-order chi connectivity index (χ0) is 20.1. The fraction of sp³-hybridized carbons (Fsp3) is 0.474. The van der Waals surface area contributed by atoms with Crippen molar-refractivity contribution in [2.75, 3.05) is 29.5 Å². The first-order valence-electron chi connectivity index (χ1n) is 9.30. The number of carbonyl (C=O) groups excluding carboxylic acids is 2. The lowest BCUT2D eigenvalue weighted by molar-refractivity contribution is -0.129. The maximum Gasteiger partial charge on any atom is 0.325 e. The third-order valence-corrected chi connectivity index (χ3v) is 6.80. The van der Waals surface area contributed by atoms with Crippen LogP contribution in [0.25, 0.3) is 0 Å². The standard InChI is InChI=1S/C19H25N5O2S2/c1-12-6-8-24(9-7-12)16(25)11-27-19-23-22-18(28-19)21-17(26)20-15-5-4-13(2)14(3)10-15/h4-5,10,12H,6-9,11H2,1-3H3,(H2,20,21,22,26). The van der Waals surface area contributed by atoms with Crippen molar-refractivity contribution in [2.45, 2.75) is 38.0 Å². The molecule has 0 radical (unpaired) electrons. The number of amides is 3. The third-order valence-electron chi connectivity index (χ3n) is 4.85. The van der Waals surface area contributed by atoms with Crippen molar-refractivity contribution >= 4 is 45.9 Å². The number of aryl methyl sites for hydroxylation is 2. The van der Waals surface area contributed by atoms with Gasteiger partial charge in [-0.2, -0.15) is 0 Å². The molecule has 1 aliphatic rings. The predicted octanol–water partition coefficient (Wildman–Crippen LogP) is 4.15. The highest BCUT2D eigenvalue weighted by molar-refractivity contribution is 8.01. The Kier molecular flexibility index (Phi) is 6.90. The van der Waals surface area contributed by atoms with Crippen LogP contribution in [0, 0.1) is 19.8 Å². The lowest BCUT2D eigenvalue weighted by atomic mass is 9.99. The van der Waals surface area contributed by atoms with Crippen LogP contribution in [0.3, 0.4) is 0 Å². The number of urea groups is 1. The number of carbonyl (C=O) groups is 2. The van der Waals surface area contributed by atoms with E-state index in [-0.39, 0.29) is 11.9 Å². The zero-order valence-electron chi connectivity index (χ0n) is 16.3. The molecule has 7 nitrogen and oxygen atoms in total. The van der Waals surface area contributed by atoms with Gasteiger partial charge in [0.25, 0.3) is 0 Å². The number of nitrogens with zero attached hydrogens (tertiary/aromatic N) is 3. The maximum atomic E-state index is 12.3. The van der Waals surface area contributed by atoms with Crippen molar-refractivity contribution in [2.24, 2.45) is 5.92 Å². The number of thioether (sulfide) groups is 1. The van der Waals surface area contributed by atoms with Gasteiger partial charge in [-0.25, -0.2) is 4.79 Å². The predicted molar refractivity (Wildman–Crippen MR) is 114 cm³/mol. The van der Waals surface area contributed by atoms with E-state index in [0.717, 1.165) is 37.2 Å². The van der Waals surface area contributed by atoms with Crippen LogP contribution < -0.4 is 10.6 Å². The molecule has 150 valence electrons. The minimum Gasteiger partial charge on any atom is -0.342 e. The molecule has 9 heteroatoms. The highest BCUT2D eigenvalue weighted by Gasteiger charge is 2.20. The lowest BCUT2D eigenvalue weighted by Crippen LogP contribution is -2.38. The molecule has 2 heterocycles. The summed E-state index contributed by atoms with van der Waals surface area (Å²) in [7, 11) is 0. The Morgan fingerprint density at radius 3 is 2.64 bits per heavy atom. The van der Waals surface area contributed by atoms with Gasteiger partial charge in [-0.3, -0.25) is 10.1 Å². The Morgan fingerprint density at radius 2 is 1.93 bits per heavy atom. The van der Waals surface area contributed by atoms with Crippen molar-refractivity contribution in [3.05, 3.63) is 29.3 Å². The maximum absolute atomic E-state index is 12.3. The van der Waals surface area contributed by atoms with Crippen LogP contribution in [0.15, 0.2) is 22.5 Å². The molecule has 0 bridgehead atoms. The van der Waals surface area contributed by atoms with E-state index in [0.29, 0.717) is 21.1 Å². The Labute approximate surface area is 173 Å². The Balaban J connectivity index is 1.46. The molecule has 1 saturated heterocycles. The Morgan fingerprint density at radius 1 is 1.18 bits per heavy atom. The van der Waals surface area contributed by atoms with E-state index in [2.05, 4.69) is 27.8 Å². The molecule has 2 N–H and O–H groups in total. The molecule has 3 amide bonds. The van der Waals surface area contributed by atoms with Gasteiger partial charge >= 0.3 is 6.03 Å². The van der Waals surface area contributed by atoms with Crippen LogP contribution in [0.2, 0.25) is 0 Å². The van der Waals surface area contributed by atoms with Crippen LogP contribution in [-0.2, 0) is 4.79 Å². The summed E-state index contributed by atoms with van der Waals surface area (Å²) >= 11 is 2.62. The topological polar surface area (TPSA) is 87.2 Å². The fourth-order valence-corrected chi connectivity index (χ4v) is 4.52. The first kappa shape index (κ1) is 20.6. The molecular weight excluding hydrogens is 394 g/mol. The van der Waals surface area contributed by atoms with E-state index in [9.17, 15) is 9.59 Å². The van der Waals surface area contributed by atoms with Crippen LogP contribution >= 0.6 is 23.1 Å². The second kappa shape index (κ2) is 9.38. The minimum atomic E-state index is -0.366. The van der Waals surface area contributed by atoms with E-state index in [1.165, 1.54) is 28.7 Å². The van der Waals surface area contributed by atoms with Gasteiger partial charge in [-0.15, -0.1) is 10.2 Å². The van der Waals surface area contributed by atoms with Crippen molar-refractivity contribution < 1.29 is 9.59 Å². The molecule has 0 atom stereocenters. The number of nitrogens with one attached hydrogen (secondary N) is 2. The Hall–Kier alpha value is -2.13. The number of benzene rings is 1. The summed E-state index contributed by atoms with van der Waals surface area (Å²) in [5.74, 6) is 1.18. The number of anilines is 2. The van der Waals surface area contributed by atoms with E-state index in [1.807, 2.05) is 36.9 Å². The molecule has 2 aromatic rings. The summed E-state index contributed by atoms with van der Waals surface area (Å²) in [4.78, 5) is 26.4. The van der Waals surface area contributed by atoms with E-state index in [1.54, 1.807) is 0 Å². The lowest BCUT2D eigenvalue weighted by Gasteiger charge is -2.30. The van der Waals surface area contributed by atoms with Crippen molar-refractivity contribution in [1.29, 1.82) is 0 Å². The van der Waals surface area contributed by atoms with Crippen molar-refractivity contribution in [3.8, 4) is 0 Å². The molecule has 1 aliphatic heterocycles. The average Bonchev–Trinajstić information content (AvgIpc) is 3.10. The van der Waals surface area contributed by atoms with Gasteiger partial charge in [-0.05, 0) is 55.9 Å². The summed E-state index contributed by atoms with van der Waals surface area (Å²) in [5, 5.41) is 13.9. The summed E-state index contributed by atoms with van der Waals surface area (Å²) in [5.41, 5.74) is 3.01. The Bertz CT molecular complexity index is 847. The monoisotopic (exact) mass is 419 g/mol. The number of likely N-dealkylation sites (tertiary alicyclic amines) is 1. The van der Waals surface area contributed by atoms with Crippen molar-refractivity contribution in [3.63, 3.8) is 0 Å². The quantitative estimate of drug-likeness (QED) is 0.562. The van der Waals surface area contributed by atoms with Crippen LogP contribution in [-0.4, -0.2) is 45.9 Å². The highest BCUT2D eigenvalue weighted by atomic mass is 32.2. The van der Waals surface area contributed by atoms with E-state index >= 15 is 0 Å². The normalized spacial score (nSPS) is 14.8. The highest BCUT2D eigenvalue weighted by Crippen LogP contribution is 2.26. The van der Waals surface area contributed by atoms with Gasteiger partial charge in [0.2, 0.25) is 11.0 Å². The van der Waals surface area contributed by atoms with Crippen LogP contribution in [0.4, 0.5) is 15.6 Å². The molecule has 0 spiro atoms. The molecular formula is C19H25N5O2S2. The largest absolute Gasteiger partial charge is 0.342 e. The van der Waals surface area contributed by atoms with Gasteiger partial charge < -0.3 is 10.2 Å². The SMILES string of the molecule is Cc1ccc(NC(=O)Nc2nnc(SCC(=O)N3CCC(C)CC3)s2)cc1C. The molecule has 3 rings (SSSR count). The first-order valence-corrected chi connectivity index (χ1v) is 11.1. The summed E-state index contributed by atoms with van der Waals surface area (Å²) < 4.78 is 0.667. The number of rotatable bonds is 5. The van der Waals surface area contributed by atoms with Gasteiger partial charge in [0.15, 0.2) is 4.34 Å². The number of hydrogen-bond donors (Lipinski definition) is 2. The van der Waals surface area contributed by atoms with E-state index in [4.69, 9.17) is 0 Å². The molecule has 0 saturated carbocycles. The summed E-state index contributed by atoms with van der Waals surface area (Å²) in [6.45, 7) is 7.92. The average molecular weight is 420 g/mol. The van der Waals surface area contributed by atoms with Crippen LogP contribution in [0.1, 0.15) is 30.9 Å². The van der Waals surface area contributed by atoms with Gasteiger partial charge in [0, 0.05) is 18.8 Å². The van der Waals surface area contributed by atoms with Gasteiger partial charge in [-0.1, -0.05) is 36.1 Å². The summed E-state index contributed by atoms with van der Waals surface area (Å²) in [6, 6.07) is 5.37. The van der Waals surface area contributed by atoms with E-state index < -0.39 is 0 Å². The molecule has 1 fully saturated rings. The zero-order valence-corrected chi connectivity index (χ0v) is 18.0. The minimum absolute atomic E-state index is 0.133. The van der Waals surface area contributed by atoms with Crippen LogP contribution in [0.5, 0.6) is 0 Å². The van der Waals surface area contributed by atoms with Crippen molar-refractivity contribution in [1.82, 2.24) is 15.1 Å².